The molecule has 0 aliphatic carbocycles. The van der Waals surface area contributed by atoms with Crippen LogP contribution in [-0.2, 0) is 13.5 Å². The van der Waals surface area contributed by atoms with Gasteiger partial charge in [0.2, 0.25) is 0 Å². The van der Waals surface area contributed by atoms with Crippen LogP contribution in [0.3, 0.4) is 0 Å². The van der Waals surface area contributed by atoms with Crippen molar-refractivity contribution in [2.45, 2.75) is 6.42 Å². The van der Waals surface area contributed by atoms with Gasteiger partial charge in [-0.2, -0.15) is 5.26 Å². The molecule has 2 aromatic rings. The second-order valence-electron chi connectivity index (χ2n) is 3.94. The van der Waals surface area contributed by atoms with E-state index in [1.54, 1.807) is 24.4 Å². The Kier molecular flexibility index (Phi) is 3.85. The largest absolute Gasteiger partial charge is 0.383 e. The van der Waals surface area contributed by atoms with Crippen LogP contribution in [-0.4, -0.2) is 16.1 Å². The Bertz CT molecular complexity index is 583. The van der Waals surface area contributed by atoms with Crippen molar-refractivity contribution in [2.24, 2.45) is 7.05 Å². The molecule has 0 radical (unpaired) electrons. The predicted molar refractivity (Wildman–Crippen MR) is 71.6 cm³/mol. The van der Waals surface area contributed by atoms with Crippen LogP contribution in [0, 0.1) is 11.3 Å². The first-order valence-corrected chi connectivity index (χ1v) is 5.98. The van der Waals surface area contributed by atoms with Crippen molar-refractivity contribution >= 4 is 17.3 Å². The first-order chi connectivity index (χ1) is 8.70. The quantitative estimate of drug-likeness (QED) is 0.919. The third-order valence-electron chi connectivity index (χ3n) is 2.68. The van der Waals surface area contributed by atoms with Crippen molar-refractivity contribution in [1.82, 2.24) is 9.55 Å². The van der Waals surface area contributed by atoms with Gasteiger partial charge in [0, 0.05) is 32.4 Å². The van der Waals surface area contributed by atoms with E-state index in [0.717, 1.165) is 24.5 Å². The summed E-state index contributed by atoms with van der Waals surface area (Å²) >= 11 is 6.05. The summed E-state index contributed by atoms with van der Waals surface area (Å²) < 4.78 is 1.98. The minimum atomic E-state index is 0.596. The lowest BCUT2D eigenvalue weighted by molar-refractivity contribution is 0.789. The van der Waals surface area contributed by atoms with Gasteiger partial charge in [0.1, 0.15) is 5.82 Å². The molecule has 0 saturated heterocycles. The fraction of sp³-hybridized carbons (Fsp3) is 0.231. The van der Waals surface area contributed by atoms with Crippen LogP contribution in [0.25, 0.3) is 0 Å². The molecule has 0 aliphatic rings. The van der Waals surface area contributed by atoms with Gasteiger partial charge in [-0.25, -0.2) is 4.98 Å². The molecule has 0 bridgehead atoms. The number of hydrogen-bond acceptors (Lipinski definition) is 3. The molecule has 5 heteroatoms. The highest BCUT2D eigenvalue weighted by molar-refractivity contribution is 6.33. The number of anilines is 1. The molecule has 1 N–H and O–H groups in total. The second-order valence-corrected chi connectivity index (χ2v) is 4.34. The first-order valence-electron chi connectivity index (χ1n) is 5.60. The third kappa shape index (κ3) is 2.82. The summed E-state index contributed by atoms with van der Waals surface area (Å²) in [6, 6.07) is 7.27. The lowest BCUT2D eigenvalue weighted by atomic mass is 10.2. The summed E-state index contributed by atoms with van der Waals surface area (Å²) in [7, 11) is 1.96. The van der Waals surface area contributed by atoms with Crippen LogP contribution in [0.1, 0.15) is 11.4 Å². The molecule has 1 aromatic carbocycles. The highest BCUT2D eigenvalue weighted by Crippen LogP contribution is 2.22. The van der Waals surface area contributed by atoms with E-state index in [-0.39, 0.29) is 0 Å². The molecular weight excluding hydrogens is 248 g/mol. The van der Waals surface area contributed by atoms with Crippen molar-refractivity contribution < 1.29 is 0 Å². The van der Waals surface area contributed by atoms with E-state index in [9.17, 15) is 0 Å². The van der Waals surface area contributed by atoms with Crippen molar-refractivity contribution in [2.75, 3.05) is 11.9 Å². The summed E-state index contributed by atoms with van der Waals surface area (Å²) in [5, 5.41) is 12.7. The number of nitrogens with one attached hydrogen (secondary N) is 1. The van der Waals surface area contributed by atoms with Gasteiger partial charge in [0.15, 0.2) is 0 Å². The van der Waals surface area contributed by atoms with Gasteiger partial charge in [-0.3, -0.25) is 0 Å². The van der Waals surface area contributed by atoms with Gasteiger partial charge < -0.3 is 9.88 Å². The van der Waals surface area contributed by atoms with Crippen LogP contribution in [0.2, 0.25) is 5.02 Å². The molecular formula is C13H13ClN4. The third-order valence-corrected chi connectivity index (χ3v) is 3.01. The smallest absolute Gasteiger partial charge is 0.110 e. The summed E-state index contributed by atoms with van der Waals surface area (Å²) in [4.78, 5) is 4.24. The molecule has 18 heavy (non-hydrogen) atoms. The van der Waals surface area contributed by atoms with E-state index in [1.807, 2.05) is 17.8 Å². The van der Waals surface area contributed by atoms with Crippen molar-refractivity contribution in [3.63, 3.8) is 0 Å². The number of aryl methyl sites for hydroxylation is 1. The minimum Gasteiger partial charge on any atom is -0.383 e. The fourth-order valence-corrected chi connectivity index (χ4v) is 1.86. The Balaban J connectivity index is 1.98. The van der Waals surface area contributed by atoms with E-state index in [0.29, 0.717) is 10.6 Å². The van der Waals surface area contributed by atoms with E-state index in [1.165, 1.54) is 0 Å². The maximum Gasteiger partial charge on any atom is 0.110 e. The number of imidazole rings is 1. The van der Waals surface area contributed by atoms with Crippen molar-refractivity contribution in [3.05, 3.63) is 47.0 Å². The molecule has 0 aliphatic heterocycles. The van der Waals surface area contributed by atoms with Crippen LogP contribution < -0.4 is 5.32 Å². The van der Waals surface area contributed by atoms with Crippen LogP contribution >= 0.6 is 11.6 Å². The molecule has 2 rings (SSSR count). The lowest BCUT2D eigenvalue weighted by Crippen LogP contribution is -2.09. The van der Waals surface area contributed by atoms with Gasteiger partial charge >= 0.3 is 0 Å². The molecule has 0 unspecified atom stereocenters. The number of aromatic nitrogens is 2. The number of halogens is 1. The number of rotatable bonds is 4. The van der Waals surface area contributed by atoms with Crippen LogP contribution in [0.15, 0.2) is 30.6 Å². The zero-order chi connectivity index (χ0) is 13.0. The Morgan fingerprint density at radius 1 is 1.50 bits per heavy atom. The molecule has 0 saturated carbocycles. The molecule has 0 amide bonds. The van der Waals surface area contributed by atoms with Gasteiger partial charge in [0.05, 0.1) is 22.3 Å². The van der Waals surface area contributed by atoms with Gasteiger partial charge in [-0.05, 0) is 18.2 Å². The standard InChI is InChI=1S/C13H13ClN4/c1-18-7-6-17-13(18)4-5-16-12-8-10(9-15)2-3-11(12)14/h2-3,6-8,16H,4-5H2,1H3. The lowest BCUT2D eigenvalue weighted by Gasteiger charge is -2.08. The molecule has 1 heterocycles. The maximum atomic E-state index is 8.83. The Labute approximate surface area is 111 Å². The van der Waals surface area contributed by atoms with E-state index in [2.05, 4.69) is 16.4 Å². The summed E-state index contributed by atoms with van der Waals surface area (Å²) in [5.74, 6) is 1.01. The SMILES string of the molecule is Cn1ccnc1CCNc1cc(C#N)ccc1Cl. The highest BCUT2D eigenvalue weighted by Gasteiger charge is 2.03. The molecule has 0 fully saturated rings. The van der Waals surface area contributed by atoms with Crippen molar-refractivity contribution in [3.8, 4) is 6.07 Å². The minimum absolute atomic E-state index is 0.596. The van der Waals surface area contributed by atoms with Gasteiger partial charge in [-0.15, -0.1) is 0 Å². The van der Waals surface area contributed by atoms with Crippen LogP contribution in [0.4, 0.5) is 5.69 Å². The van der Waals surface area contributed by atoms with Crippen molar-refractivity contribution in [1.29, 1.82) is 5.26 Å². The Hall–Kier alpha value is -1.99. The number of hydrogen-bond donors (Lipinski definition) is 1. The molecule has 0 spiro atoms. The second kappa shape index (κ2) is 5.56. The first kappa shape index (κ1) is 12.5. The predicted octanol–water partition coefficient (Wildman–Crippen LogP) is 2.60. The summed E-state index contributed by atoms with van der Waals surface area (Å²) in [6.45, 7) is 0.722. The molecule has 0 atom stereocenters. The zero-order valence-corrected chi connectivity index (χ0v) is 10.8. The normalized spacial score (nSPS) is 10.1. The number of nitriles is 1. The number of benzene rings is 1. The topological polar surface area (TPSA) is 53.6 Å². The average molecular weight is 261 g/mol. The van der Waals surface area contributed by atoms with E-state index < -0.39 is 0 Å². The number of nitrogens with zero attached hydrogens (tertiary/aromatic N) is 3. The van der Waals surface area contributed by atoms with E-state index >= 15 is 0 Å². The molecule has 4 nitrogen and oxygen atoms in total. The summed E-state index contributed by atoms with van der Waals surface area (Å²) in [5.41, 5.74) is 1.38. The van der Waals surface area contributed by atoms with Crippen LogP contribution in [0.5, 0.6) is 0 Å². The van der Waals surface area contributed by atoms with Gasteiger partial charge in [-0.1, -0.05) is 11.6 Å². The zero-order valence-electron chi connectivity index (χ0n) is 10.0. The maximum absolute atomic E-state index is 8.83. The molecule has 92 valence electrons. The highest BCUT2D eigenvalue weighted by atomic mass is 35.5. The average Bonchev–Trinajstić information content (AvgIpc) is 2.77. The van der Waals surface area contributed by atoms with E-state index in [4.69, 9.17) is 16.9 Å². The van der Waals surface area contributed by atoms with Gasteiger partial charge in [0.25, 0.3) is 0 Å². The Morgan fingerprint density at radius 3 is 3.00 bits per heavy atom. The Morgan fingerprint density at radius 2 is 2.33 bits per heavy atom. The monoisotopic (exact) mass is 260 g/mol. The summed E-state index contributed by atoms with van der Waals surface area (Å²) in [6.07, 6.45) is 4.49. The molecule has 1 aromatic heterocycles. The fourth-order valence-electron chi connectivity index (χ4n) is 1.68.